The number of pyridine rings is 2. The smallest absolute Gasteiger partial charge is 0.263 e. The minimum absolute atomic E-state index is 0.0593. The van der Waals surface area contributed by atoms with Crippen LogP contribution in [0.25, 0.3) is 11.0 Å². The van der Waals surface area contributed by atoms with Crippen LogP contribution in [-0.2, 0) is 10.2 Å². The largest absolute Gasteiger partial charge is 0.491 e. The third-order valence-corrected chi connectivity index (χ3v) is 8.34. The normalized spacial score (nSPS) is 24.4. The minimum atomic E-state index is -2.57. The number of hydrogen-bond donors (Lipinski definition) is 2. The van der Waals surface area contributed by atoms with Gasteiger partial charge in [0.2, 0.25) is 5.91 Å². The van der Waals surface area contributed by atoms with E-state index < -0.39 is 17.4 Å². The highest BCUT2D eigenvalue weighted by molar-refractivity contribution is 6.06. The first kappa shape index (κ1) is 24.9. The molecule has 2 N–H and O–H groups in total. The van der Waals surface area contributed by atoms with Crippen LogP contribution in [0.1, 0.15) is 56.2 Å². The van der Waals surface area contributed by atoms with Crippen LogP contribution in [0.15, 0.2) is 47.4 Å². The monoisotopic (exact) mass is 524 g/mol. The molecule has 1 saturated heterocycles. The third kappa shape index (κ3) is 4.25. The fraction of sp³-hybridized carbons (Fsp3) is 0.464. The van der Waals surface area contributed by atoms with E-state index in [0.29, 0.717) is 74.6 Å². The van der Waals surface area contributed by atoms with Crippen LogP contribution in [0.5, 0.6) is 5.75 Å². The first-order valence-electron chi connectivity index (χ1n) is 13.0. The van der Waals surface area contributed by atoms with Gasteiger partial charge in [-0.1, -0.05) is 6.07 Å². The summed E-state index contributed by atoms with van der Waals surface area (Å²) in [5.74, 6) is 0.487. The highest BCUT2D eigenvalue weighted by Gasteiger charge is 2.48. The van der Waals surface area contributed by atoms with Gasteiger partial charge in [-0.3, -0.25) is 19.1 Å². The number of nitrogens with zero attached hydrogens (tertiary/aromatic N) is 3. The minimum Gasteiger partial charge on any atom is -0.491 e. The van der Waals surface area contributed by atoms with Crippen LogP contribution in [0.3, 0.4) is 0 Å². The Morgan fingerprint density at radius 1 is 1.16 bits per heavy atom. The molecule has 0 bridgehead atoms. The van der Waals surface area contributed by atoms with Gasteiger partial charge in [0.25, 0.3) is 12.0 Å². The second-order valence-electron chi connectivity index (χ2n) is 11.0. The van der Waals surface area contributed by atoms with Gasteiger partial charge in [0.05, 0.1) is 17.2 Å². The molecule has 1 amide bonds. The van der Waals surface area contributed by atoms with Gasteiger partial charge in [-0.2, -0.15) is 0 Å². The van der Waals surface area contributed by atoms with Crippen molar-refractivity contribution in [1.82, 2.24) is 14.5 Å². The van der Waals surface area contributed by atoms with E-state index in [9.17, 15) is 23.5 Å². The predicted octanol–water partition coefficient (Wildman–Crippen LogP) is 3.78. The van der Waals surface area contributed by atoms with Crippen molar-refractivity contribution >= 4 is 22.6 Å². The number of piperidine rings is 1. The van der Waals surface area contributed by atoms with Crippen LogP contribution in [-0.4, -0.2) is 57.3 Å². The van der Waals surface area contributed by atoms with Gasteiger partial charge >= 0.3 is 0 Å². The third-order valence-electron chi connectivity index (χ3n) is 8.34. The van der Waals surface area contributed by atoms with Crippen molar-refractivity contribution in [3.05, 3.63) is 64.1 Å². The Morgan fingerprint density at radius 3 is 2.63 bits per heavy atom. The van der Waals surface area contributed by atoms with Crippen LogP contribution < -0.4 is 15.6 Å². The maximum atomic E-state index is 13.3. The lowest BCUT2D eigenvalue weighted by Crippen LogP contribution is -2.47. The summed E-state index contributed by atoms with van der Waals surface area (Å²) in [5.41, 5.74) is 0.196. The van der Waals surface area contributed by atoms with E-state index >= 15 is 0 Å². The van der Waals surface area contributed by atoms with Crippen LogP contribution in [0.4, 0.5) is 14.5 Å². The van der Waals surface area contributed by atoms with Crippen molar-refractivity contribution in [3.63, 3.8) is 0 Å². The molecule has 2 fully saturated rings. The summed E-state index contributed by atoms with van der Waals surface area (Å²) in [4.78, 5) is 32.1. The first-order chi connectivity index (χ1) is 18.1. The molecular formula is C28H30F2N4O4. The summed E-state index contributed by atoms with van der Waals surface area (Å²) in [6.07, 6.45) is 1.19. The molecule has 2 aliphatic heterocycles. The number of ether oxygens (including phenoxy) is 1. The molecule has 2 aromatic heterocycles. The number of carbonyl (C=O) groups is 1. The van der Waals surface area contributed by atoms with E-state index in [0.717, 1.165) is 5.39 Å². The van der Waals surface area contributed by atoms with E-state index in [2.05, 4.69) is 15.2 Å². The number of fused-ring (bicyclic) bond motifs is 3. The zero-order valence-corrected chi connectivity index (χ0v) is 21.1. The average molecular weight is 525 g/mol. The van der Waals surface area contributed by atoms with E-state index in [1.807, 2.05) is 6.07 Å². The maximum Gasteiger partial charge on any atom is 0.263 e. The highest BCUT2D eigenvalue weighted by Crippen LogP contribution is 2.46. The zero-order valence-electron chi connectivity index (χ0n) is 21.1. The maximum absolute atomic E-state index is 13.3. The van der Waals surface area contributed by atoms with Crippen LogP contribution in [0, 0.1) is 0 Å². The second kappa shape index (κ2) is 9.13. The molecule has 3 aliphatic rings. The number of amides is 1. The lowest BCUT2D eigenvalue weighted by molar-refractivity contribution is -0.122. The van der Waals surface area contributed by atoms with Gasteiger partial charge in [-0.15, -0.1) is 0 Å². The Balaban J connectivity index is 1.08. The van der Waals surface area contributed by atoms with Gasteiger partial charge in [0.1, 0.15) is 18.0 Å². The number of anilines is 1. The molecule has 1 saturated carbocycles. The van der Waals surface area contributed by atoms with Crippen molar-refractivity contribution < 1.29 is 23.4 Å². The standard InChI is InChI=1S/C28H30F2N4O4/c1-27(37)14-19(15-27)34-23(35)5-3-18-12-20(16-31-25(18)34)38-11-10-33-8-6-28(7-9-33)21-13-17(24(29)30)2-4-22(21)32-26(28)36/h2-5,12-13,16,19,24,37H,6-11,14-15H2,1H3,(H,32,36)/t19-,27+. The number of rotatable bonds is 6. The summed E-state index contributed by atoms with van der Waals surface area (Å²) in [6.45, 7) is 4.15. The molecule has 6 rings (SSSR count). The predicted molar refractivity (Wildman–Crippen MR) is 138 cm³/mol. The van der Waals surface area contributed by atoms with Gasteiger partial charge in [-0.25, -0.2) is 13.8 Å². The summed E-state index contributed by atoms with van der Waals surface area (Å²) in [5, 5.41) is 13.8. The van der Waals surface area contributed by atoms with Crippen molar-refractivity contribution in [2.75, 3.05) is 31.6 Å². The van der Waals surface area contributed by atoms with Crippen LogP contribution in [0.2, 0.25) is 0 Å². The quantitative estimate of drug-likeness (QED) is 0.510. The van der Waals surface area contributed by atoms with E-state index in [1.165, 1.54) is 18.2 Å². The summed E-state index contributed by atoms with van der Waals surface area (Å²) in [6, 6.07) is 9.48. The lowest BCUT2D eigenvalue weighted by atomic mass is 9.73. The molecule has 10 heteroatoms. The molecule has 0 radical (unpaired) electrons. The number of carbonyl (C=O) groups excluding carboxylic acids is 1. The highest BCUT2D eigenvalue weighted by atomic mass is 19.3. The Bertz CT molecular complexity index is 1450. The van der Waals surface area contributed by atoms with Gasteiger partial charge in [-0.05, 0) is 75.5 Å². The molecule has 1 aromatic carbocycles. The zero-order chi connectivity index (χ0) is 26.7. The van der Waals surface area contributed by atoms with E-state index in [4.69, 9.17) is 4.74 Å². The molecule has 1 aliphatic carbocycles. The number of benzene rings is 1. The van der Waals surface area contributed by atoms with Gasteiger partial charge < -0.3 is 15.2 Å². The molecule has 4 heterocycles. The van der Waals surface area contributed by atoms with E-state index in [1.54, 1.807) is 29.8 Å². The van der Waals surface area contributed by atoms with Crippen molar-refractivity contribution in [1.29, 1.82) is 0 Å². The molecule has 1 spiro atoms. The Kier molecular flexibility index (Phi) is 5.99. The molecule has 38 heavy (non-hydrogen) atoms. The number of alkyl halides is 2. The summed E-state index contributed by atoms with van der Waals surface area (Å²) in [7, 11) is 0. The number of aromatic nitrogens is 2. The Morgan fingerprint density at radius 2 is 1.92 bits per heavy atom. The van der Waals surface area contributed by atoms with Crippen molar-refractivity contribution in [3.8, 4) is 5.75 Å². The first-order valence-corrected chi connectivity index (χ1v) is 13.0. The topological polar surface area (TPSA) is 96.7 Å². The van der Waals surface area contributed by atoms with Gasteiger partial charge in [0.15, 0.2) is 0 Å². The molecule has 8 nitrogen and oxygen atoms in total. The molecule has 200 valence electrons. The average Bonchev–Trinajstić information content (AvgIpc) is 3.14. The summed E-state index contributed by atoms with van der Waals surface area (Å²) >= 11 is 0. The fourth-order valence-corrected chi connectivity index (χ4v) is 6.21. The van der Waals surface area contributed by atoms with Crippen LogP contribution >= 0.6 is 0 Å². The Hall–Kier alpha value is -3.37. The number of halogens is 2. The molecule has 3 aromatic rings. The number of nitrogens with one attached hydrogen (secondary N) is 1. The summed E-state index contributed by atoms with van der Waals surface area (Å²) < 4.78 is 34.2. The molecular weight excluding hydrogens is 494 g/mol. The number of likely N-dealkylation sites (tertiary alicyclic amines) is 1. The Labute approximate surface area is 218 Å². The fourth-order valence-electron chi connectivity index (χ4n) is 6.21. The van der Waals surface area contributed by atoms with Crippen molar-refractivity contribution in [2.45, 2.75) is 56.1 Å². The lowest BCUT2D eigenvalue weighted by Gasteiger charge is -2.41. The van der Waals surface area contributed by atoms with Gasteiger partial charge in [0, 0.05) is 35.3 Å². The number of hydrogen-bond acceptors (Lipinski definition) is 6. The SMILES string of the molecule is C[C@]1(O)C[C@@H](n2c(=O)ccc3cc(OCCN4CCC5(CC4)C(=O)Nc4ccc(C(F)F)cc45)cnc32)C1. The van der Waals surface area contributed by atoms with Crippen molar-refractivity contribution in [2.24, 2.45) is 0 Å². The molecule has 0 atom stereocenters. The molecule has 0 unspecified atom stereocenters. The number of aliphatic hydroxyl groups is 1. The van der Waals surface area contributed by atoms with E-state index in [-0.39, 0.29) is 23.1 Å². The second-order valence-corrected chi connectivity index (χ2v) is 11.0.